The molecule has 0 aliphatic heterocycles. The van der Waals surface area contributed by atoms with Gasteiger partial charge in [-0.1, -0.05) is 103 Å². The molecule has 1 aromatic heterocycles. The third kappa shape index (κ3) is 5.16. The zero-order valence-electron chi connectivity index (χ0n) is 18.5. The maximum Gasteiger partial charge on any atom is 0.160 e. The molecule has 3 aromatic carbocycles. The van der Waals surface area contributed by atoms with Crippen LogP contribution in [-0.4, -0.2) is 9.97 Å². The molecular formula is C30H26N2. The van der Waals surface area contributed by atoms with Crippen molar-refractivity contribution in [3.8, 4) is 22.6 Å². The van der Waals surface area contributed by atoms with Gasteiger partial charge in [-0.15, -0.1) is 0 Å². The molecule has 32 heavy (non-hydrogen) atoms. The van der Waals surface area contributed by atoms with E-state index in [1.807, 2.05) is 48.6 Å². The van der Waals surface area contributed by atoms with Crippen molar-refractivity contribution < 1.29 is 0 Å². The van der Waals surface area contributed by atoms with Crippen LogP contribution in [0.15, 0.2) is 110 Å². The van der Waals surface area contributed by atoms with E-state index in [9.17, 15) is 0 Å². The van der Waals surface area contributed by atoms with Crippen LogP contribution < -0.4 is 0 Å². The van der Waals surface area contributed by atoms with Gasteiger partial charge in [-0.3, -0.25) is 0 Å². The van der Waals surface area contributed by atoms with Gasteiger partial charge in [-0.2, -0.15) is 0 Å². The molecule has 2 nitrogen and oxygen atoms in total. The normalized spacial score (nSPS) is 11.6. The summed E-state index contributed by atoms with van der Waals surface area (Å²) in [6.07, 6.45) is 7.91. The molecule has 0 aliphatic rings. The van der Waals surface area contributed by atoms with Crippen LogP contribution in [-0.2, 0) is 0 Å². The third-order valence-electron chi connectivity index (χ3n) is 5.10. The van der Waals surface area contributed by atoms with Gasteiger partial charge in [0.1, 0.15) is 0 Å². The Morgan fingerprint density at radius 1 is 0.750 bits per heavy atom. The Morgan fingerprint density at radius 2 is 1.41 bits per heavy atom. The summed E-state index contributed by atoms with van der Waals surface area (Å²) in [5.41, 5.74) is 8.36. The number of aryl methyl sites for hydroxylation is 2. The number of benzene rings is 3. The van der Waals surface area contributed by atoms with Crippen LogP contribution in [0.5, 0.6) is 0 Å². The predicted molar refractivity (Wildman–Crippen MR) is 136 cm³/mol. The Balaban J connectivity index is 1.94. The summed E-state index contributed by atoms with van der Waals surface area (Å²) in [7, 11) is 0. The van der Waals surface area contributed by atoms with E-state index >= 15 is 0 Å². The van der Waals surface area contributed by atoms with Gasteiger partial charge in [0.15, 0.2) is 5.82 Å². The van der Waals surface area contributed by atoms with Gasteiger partial charge in [0, 0.05) is 16.7 Å². The van der Waals surface area contributed by atoms with Crippen LogP contribution in [0.4, 0.5) is 0 Å². The minimum absolute atomic E-state index is 0.721. The molecule has 4 rings (SSSR count). The van der Waals surface area contributed by atoms with E-state index in [1.165, 1.54) is 11.1 Å². The van der Waals surface area contributed by atoms with Crippen molar-refractivity contribution in [2.75, 3.05) is 0 Å². The zero-order valence-corrected chi connectivity index (χ0v) is 18.5. The predicted octanol–water partition coefficient (Wildman–Crippen LogP) is 7.71. The van der Waals surface area contributed by atoms with E-state index in [4.69, 9.17) is 9.97 Å². The molecule has 0 unspecified atom stereocenters. The largest absolute Gasteiger partial charge is 0.228 e. The first kappa shape index (κ1) is 21.2. The Morgan fingerprint density at radius 3 is 2.06 bits per heavy atom. The first-order valence-electron chi connectivity index (χ1n) is 10.7. The van der Waals surface area contributed by atoms with Gasteiger partial charge in [0.05, 0.1) is 11.4 Å². The average molecular weight is 415 g/mol. The lowest BCUT2D eigenvalue weighted by Crippen LogP contribution is -1.98. The summed E-state index contributed by atoms with van der Waals surface area (Å²) < 4.78 is 0. The molecule has 0 aliphatic carbocycles. The summed E-state index contributed by atoms with van der Waals surface area (Å²) >= 11 is 0. The zero-order chi connectivity index (χ0) is 22.3. The molecule has 0 fully saturated rings. The van der Waals surface area contributed by atoms with Crippen LogP contribution in [0.1, 0.15) is 22.4 Å². The molecule has 156 valence electrons. The van der Waals surface area contributed by atoms with E-state index in [-0.39, 0.29) is 0 Å². The number of nitrogens with zero attached hydrogens (tertiary/aromatic N) is 2. The first-order valence-corrected chi connectivity index (χ1v) is 10.7. The van der Waals surface area contributed by atoms with Crippen molar-refractivity contribution in [1.82, 2.24) is 9.97 Å². The number of hydrogen-bond donors (Lipinski definition) is 0. The second-order valence-corrected chi connectivity index (χ2v) is 7.81. The highest BCUT2D eigenvalue weighted by Crippen LogP contribution is 2.28. The fraction of sp³-hybridized carbons (Fsp3) is 0.0667. The van der Waals surface area contributed by atoms with Crippen LogP contribution in [0.2, 0.25) is 0 Å². The van der Waals surface area contributed by atoms with Gasteiger partial charge >= 0.3 is 0 Å². The van der Waals surface area contributed by atoms with Crippen LogP contribution in [0, 0.1) is 13.8 Å². The van der Waals surface area contributed by atoms with E-state index in [0.29, 0.717) is 0 Å². The van der Waals surface area contributed by atoms with Crippen molar-refractivity contribution in [3.63, 3.8) is 0 Å². The number of aromatic nitrogens is 2. The second-order valence-electron chi connectivity index (χ2n) is 7.81. The lowest BCUT2D eigenvalue weighted by Gasteiger charge is -2.11. The molecule has 0 amide bonds. The number of hydrogen-bond acceptors (Lipinski definition) is 2. The Kier molecular flexibility index (Phi) is 6.52. The van der Waals surface area contributed by atoms with Crippen molar-refractivity contribution in [1.29, 1.82) is 0 Å². The fourth-order valence-electron chi connectivity index (χ4n) is 3.69. The Hall–Kier alpha value is -4.04. The minimum atomic E-state index is 0.721. The average Bonchev–Trinajstić information content (AvgIpc) is 2.82. The van der Waals surface area contributed by atoms with Crippen LogP contribution >= 0.6 is 0 Å². The second kappa shape index (κ2) is 9.84. The number of rotatable bonds is 6. The highest BCUT2D eigenvalue weighted by molar-refractivity contribution is 5.87. The lowest BCUT2D eigenvalue weighted by atomic mass is 10.0. The molecule has 2 heteroatoms. The summed E-state index contributed by atoms with van der Waals surface area (Å²) in [5.74, 6) is 0.721. The molecule has 0 saturated heterocycles. The van der Waals surface area contributed by atoms with E-state index < -0.39 is 0 Å². The standard InChI is InChI=1S/C30H26N2/c1-4-5-14-26(20-24-12-8-6-9-13-24)29-21-28(25-15-10-7-11-16-25)31-30(32-29)27-18-22(2)17-23(3)19-27/h4-21H,1H2,2-3H3/b14-5-,26-20+. The fourth-order valence-corrected chi connectivity index (χ4v) is 3.69. The molecule has 1 heterocycles. The van der Waals surface area contributed by atoms with Crippen molar-refractivity contribution in [3.05, 3.63) is 132 Å². The smallest absolute Gasteiger partial charge is 0.160 e. The quantitative estimate of drug-likeness (QED) is 0.302. The molecule has 0 atom stereocenters. The van der Waals surface area contributed by atoms with E-state index in [1.54, 1.807) is 6.08 Å². The Labute approximate surface area is 190 Å². The molecule has 0 bridgehead atoms. The first-order chi connectivity index (χ1) is 15.6. The molecule has 0 saturated carbocycles. The molecule has 4 aromatic rings. The molecule has 0 spiro atoms. The van der Waals surface area contributed by atoms with Gasteiger partial charge < -0.3 is 0 Å². The topological polar surface area (TPSA) is 25.8 Å². The molecule has 0 N–H and O–H groups in total. The van der Waals surface area contributed by atoms with Crippen molar-refractivity contribution >= 4 is 11.6 Å². The minimum Gasteiger partial charge on any atom is -0.228 e. The van der Waals surface area contributed by atoms with Crippen LogP contribution in [0.3, 0.4) is 0 Å². The maximum atomic E-state index is 5.00. The summed E-state index contributed by atoms with van der Waals surface area (Å²) in [5, 5.41) is 0. The third-order valence-corrected chi connectivity index (χ3v) is 5.10. The monoisotopic (exact) mass is 414 g/mol. The van der Waals surface area contributed by atoms with Gasteiger partial charge in [0.25, 0.3) is 0 Å². The van der Waals surface area contributed by atoms with Gasteiger partial charge in [0.2, 0.25) is 0 Å². The molecule has 0 radical (unpaired) electrons. The Bertz CT molecular complexity index is 1260. The maximum absolute atomic E-state index is 5.00. The SMILES string of the molecule is C=C/C=C\C(=C/c1ccccc1)c1cc(-c2ccccc2)nc(-c2cc(C)cc(C)c2)n1. The van der Waals surface area contributed by atoms with E-state index in [2.05, 4.69) is 75.0 Å². The summed E-state index contributed by atoms with van der Waals surface area (Å²) in [6.45, 7) is 8.04. The lowest BCUT2D eigenvalue weighted by molar-refractivity contribution is 1.15. The van der Waals surface area contributed by atoms with Gasteiger partial charge in [-0.05, 0) is 43.7 Å². The highest BCUT2D eigenvalue weighted by atomic mass is 14.9. The summed E-state index contributed by atoms with van der Waals surface area (Å²) in [6, 6.07) is 29.0. The summed E-state index contributed by atoms with van der Waals surface area (Å²) in [4.78, 5) is 9.94. The number of allylic oxidation sites excluding steroid dienone is 4. The van der Waals surface area contributed by atoms with Crippen molar-refractivity contribution in [2.45, 2.75) is 13.8 Å². The van der Waals surface area contributed by atoms with E-state index in [0.717, 1.165) is 39.5 Å². The van der Waals surface area contributed by atoms with Crippen molar-refractivity contribution in [2.24, 2.45) is 0 Å². The molecular weight excluding hydrogens is 388 g/mol. The van der Waals surface area contributed by atoms with Gasteiger partial charge in [-0.25, -0.2) is 9.97 Å². The highest BCUT2D eigenvalue weighted by Gasteiger charge is 2.12. The van der Waals surface area contributed by atoms with Crippen LogP contribution in [0.25, 0.3) is 34.3 Å².